The van der Waals surface area contributed by atoms with Crippen LogP contribution in [0.1, 0.15) is 44.7 Å². The van der Waals surface area contributed by atoms with Gasteiger partial charge in [0.1, 0.15) is 12.6 Å². The third-order valence-corrected chi connectivity index (χ3v) is 8.26. The van der Waals surface area contributed by atoms with Crippen LogP contribution in [-0.2, 0) is 26.2 Å². The van der Waals surface area contributed by atoms with Crippen molar-refractivity contribution in [1.82, 2.24) is 10.2 Å². The number of sulfonamides is 1. The van der Waals surface area contributed by atoms with Gasteiger partial charge in [-0.15, -0.1) is 0 Å². The van der Waals surface area contributed by atoms with Gasteiger partial charge in [0.2, 0.25) is 11.8 Å². The molecule has 3 aromatic rings. The number of hydrogen-bond acceptors (Lipinski definition) is 4. The molecule has 1 N–H and O–H groups in total. The van der Waals surface area contributed by atoms with Crippen molar-refractivity contribution in [2.24, 2.45) is 0 Å². The van der Waals surface area contributed by atoms with E-state index < -0.39 is 28.5 Å². The molecule has 3 rings (SSSR count). The van der Waals surface area contributed by atoms with Gasteiger partial charge < -0.3 is 10.2 Å². The van der Waals surface area contributed by atoms with Crippen LogP contribution in [0.3, 0.4) is 0 Å². The molecule has 202 valence electrons. The van der Waals surface area contributed by atoms with Crippen LogP contribution in [0, 0.1) is 6.92 Å². The summed E-state index contributed by atoms with van der Waals surface area (Å²) >= 11 is 0. The van der Waals surface area contributed by atoms with E-state index in [1.165, 1.54) is 17.0 Å². The number of nitrogens with zero attached hydrogens (tertiary/aromatic N) is 2. The molecule has 2 amide bonds. The van der Waals surface area contributed by atoms with Crippen molar-refractivity contribution in [1.29, 1.82) is 0 Å². The Morgan fingerprint density at radius 2 is 1.50 bits per heavy atom. The van der Waals surface area contributed by atoms with E-state index in [0.29, 0.717) is 12.1 Å². The molecule has 0 aliphatic heterocycles. The summed E-state index contributed by atoms with van der Waals surface area (Å²) in [5, 5.41) is 2.99. The number of anilines is 1. The monoisotopic (exact) mass is 535 g/mol. The number of nitrogens with one attached hydrogen (secondary N) is 1. The second-order valence-corrected chi connectivity index (χ2v) is 11.3. The maximum atomic E-state index is 14.0. The van der Waals surface area contributed by atoms with Crippen molar-refractivity contribution >= 4 is 27.5 Å². The first-order chi connectivity index (χ1) is 18.2. The lowest BCUT2D eigenvalue weighted by molar-refractivity contribution is -0.140. The third-order valence-electron chi connectivity index (χ3n) is 6.48. The summed E-state index contributed by atoms with van der Waals surface area (Å²) in [5.74, 6) is -0.707. The highest BCUT2D eigenvalue weighted by Crippen LogP contribution is 2.24. The number of hydrogen-bond donors (Lipinski definition) is 1. The summed E-state index contributed by atoms with van der Waals surface area (Å²) in [6.07, 6.45) is 1.14. The molecule has 0 spiro atoms. The van der Waals surface area contributed by atoms with E-state index >= 15 is 0 Å². The lowest BCUT2D eigenvalue weighted by Crippen LogP contribution is -2.53. The number of rotatable bonds is 12. The number of benzene rings is 3. The number of carbonyl (C=O) groups excluding carboxylic acids is 2. The second-order valence-electron chi connectivity index (χ2n) is 9.41. The van der Waals surface area contributed by atoms with E-state index in [9.17, 15) is 18.0 Å². The van der Waals surface area contributed by atoms with Crippen LogP contribution in [0.15, 0.2) is 89.8 Å². The van der Waals surface area contributed by atoms with Crippen molar-refractivity contribution < 1.29 is 18.0 Å². The highest BCUT2D eigenvalue weighted by Gasteiger charge is 2.33. The maximum absolute atomic E-state index is 14.0. The summed E-state index contributed by atoms with van der Waals surface area (Å²) in [4.78, 5) is 28.9. The molecule has 0 aliphatic rings. The van der Waals surface area contributed by atoms with Gasteiger partial charge in [0.15, 0.2) is 0 Å². The predicted octanol–water partition coefficient (Wildman–Crippen LogP) is 4.91. The molecule has 38 heavy (non-hydrogen) atoms. The zero-order chi connectivity index (χ0) is 27.7. The lowest BCUT2D eigenvalue weighted by atomic mass is 10.1. The molecular formula is C30H37N3O4S. The molecular weight excluding hydrogens is 498 g/mol. The van der Waals surface area contributed by atoms with Crippen LogP contribution in [-0.4, -0.2) is 43.8 Å². The Balaban J connectivity index is 2.02. The number of carbonyl (C=O) groups is 2. The fourth-order valence-corrected chi connectivity index (χ4v) is 5.65. The van der Waals surface area contributed by atoms with Gasteiger partial charge in [-0.2, -0.15) is 0 Å². The maximum Gasteiger partial charge on any atom is 0.264 e. The number of para-hydroxylation sites is 1. The largest absolute Gasteiger partial charge is 0.352 e. The van der Waals surface area contributed by atoms with Crippen LogP contribution < -0.4 is 9.62 Å². The van der Waals surface area contributed by atoms with Gasteiger partial charge in [0, 0.05) is 12.6 Å². The van der Waals surface area contributed by atoms with E-state index in [2.05, 4.69) is 5.32 Å². The van der Waals surface area contributed by atoms with Gasteiger partial charge in [-0.25, -0.2) is 8.42 Å². The quantitative estimate of drug-likeness (QED) is 0.357. The van der Waals surface area contributed by atoms with Crippen molar-refractivity contribution in [2.75, 3.05) is 10.8 Å². The molecule has 7 nitrogen and oxygen atoms in total. The highest BCUT2D eigenvalue weighted by molar-refractivity contribution is 7.92. The van der Waals surface area contributed by atoms with Crippen LogP contribution in [0.2, 0.25) is 0 Å². The Morgan fingerprint density at radius 1 is 0.868 bits per heavy atom. The van der Waals surface area contributed by atoms with Crippen molar-refractivity contribution in [3.05, 3.63) is 96.1 Å². The van der Waals surface area contributed by atoms with Gasteiger partial charge in [-0.05, 0) is 56.5 Å². The summed E-state index contributed by atoms with van der Waals surface area (Å²) in [7, 11) is -4.05. The van der Waals surface area contributed by atoms with Crippen molar-refractivity contribution in [3.63, 3.8) is 0 Å². The molecule has 0 fully saturated rings. The zero-order valence-corrected chi connectivity index (χ0v) is 23.3. The average molecular weight is 536 g/mol. The van der Waals surface area contributed by atoms with Crippen molar-refractivity contribution in [3.8, 4) is 0 Å². The van der Waals surface area contributed by atoms with E-state index in [4.69, 9.17) is 0 Å². The fraction of sp³-hybridized carbons (Fsp3) is 0.333. The minimum absolute atomic E-state index is 0.0493. The van der Waals surface area contributed by atoms with Crippen LogP contribution in [0.5, 0.6) is 0 Å². The van der Waals surface area contributed by atoms with E-state index in [1.807, 2.05) is 52.0 Å². The van der Waals surface area contributed by atoms with E-state index in [1.54, 1.807) is 48.5 Å². The summed E-state index contributed by atoms with van der Waals surface area (Å²) < 4.78 is 28.6. The molecule has 0 radical (unpaired) electrons. The predicted molar refractivity (Wildman–Crippen MR) is 151 cm³/mol. The Kier molecular flexibility index (Phi) is 10.1. The minimum atomic E-state index is -4.05. The molecule has 0 unspecified atom stereocenters. The zero-order valence-electron chi connectivity index (χ0n) is 22.5. The van der Waals surface area contributed by atoms with Crippen LogP contribution in [0.25, 0.3) is 0 Å². The Bertz CT molecular complexity index is 1310. The molecule has 0 bridgehead atoms. The molecule has 0 saturated carbocycles. The molecule has 0 aliphatic carbocycles. The Hall–Kier alpha value is -3.65. The molecule has 3 aromatic carbocycles. The van der Waals surface area contributed by atoms with Crippen molar-refractivity contribution in [2.45, 2.75) is 64.1 Å². The first-order valence-electron chi connectivity index (χ1n) is 13.0. The normalized spacial score (nSPS) is 12.8. The van der Waals surface area contributed by atoms with Gasteiger partial charge in [0.05, 0.1) is 10.6 Å². The summed E-state index contributed by atoms with van der Waals surface area (Å²) in [5.41, 5.74) is 2.27. The fourth-order valence-electron chi connectivity index (χ4n) is 4.21. The lowest BCUT2D eigenvalue weighted by Gasteiger charge is -2.33. The number of amides is 2. The molecule has 0 aromatic heterocycles. The molecule has 0 heterocycles. The van der Waals surface area contributed by atoms with Crippen LogP contribution in [0.4, 0.5) is 5.69 Å². The summed E-state index contributed by atoms with van der Waals surface area (Å²) in [6.45, 7) is 7.45. The van der Waals surface area contributed by atoms with Gasteiger partial charge in [0.25, 0.3) is 10.0 Å². The average Bonchev–Trinajstić information content (AvgIpc) is 2.92. The molecule has 2 atom stereocenters. The Morgan fingerprint density at radius 3 is 2.08 bits per heavy atom. The minimum Gasteiger partial charge on any atom is -0.352 e. The standard InChI is InChI=1S/C30H37N3O4S/c1-5-24(4)31-30(35)28(6-2)32(21-25-15-13-14-23(3)20-25)29(34)22-33(26-16-9-7-10-17-26)38(36,37)27-18-11-8-12-19-27/h7-20,24,28H,5-6,21-22H2,1-4H3,(H,31,35)/t24-,28-/m0/s1. The molecule has 0 saturated heterocycles. The second kappa shape index (κ2) is 13.2. The smallest absolute Gasteiger partial charge is 0.264 e. The highest BCUT2D eigenvalue weighted by atomic mass is 32.2. The number of aryl methyl sites for hydroxylation is 1. The van der Waals surface area contributed by atoms with E-state index in [-0.39, 0.29) is 23.4 Å². The first kappa shape index (κ1) is 28.9. The van der Waals surface area contributed by atoms with Crippen LogP contribution >= 0.6 is 0 Å². The third kappa shape index (κ3) is 7.22. The Labute approximate surface area is 226 Å². The van der Waals surface area contributed by atoms with Gasteiger partial charge in [-0.3, -0.25) is 13.9 Å². The summed E-state index contributed by atoms with van der Waals surface area (Å²) in [6, 6.07) is 23.5. The van der Waals surface area contributed by atoms with Gasteiger partial charge in [-0.1, -0.05) is 80.1 Å². The topological polar surface area (TPSA) is 86.8 Å². The van der Waals surface area contributed by atoms with Gasteiger partial charge >= 0.3 is 0 Å². The molecule has 8 heteroatoms. The van der Waals surface area contributed by atoms with E-state index in [0.717, 1.165) is 21.9 Å². The first-order valence-corrected chi connectivity index (χ1v) is 14.4. The SMILES string of the molecule is CC[C@H](C)NC(=O)[C@H](CC)N(Cc1cccc(C)c1)C(=O)CN(c1ccccc1)S(=O)(=O)c1ccccc1.